The normalized spacial score (nSPS) is 14.2. The van der Waals surface area contributed by atoms with E-state index in [4.69, 9.17) is 4.74 Å². The van der Waals surface area contributed by atoms with E-state index < -0.39 is 5.92 Å². The van der Waals surface area contributed by atoms with Crippen molar-refractivity contribution in [3.05, 3.63) is 65.2 Å². The zero-order valence-corrected chi connectivity index (χ0v) is 17.4. The summed E-state index contributed by atoms with van der Waals surface area (Å²) >= 11 is 0. The minimum Gasteiger partial charge on any atom is -0.493 e. The van der Waals surface area contributed by atoms with Crippen LogP contribution in [0, 0.1) is 12.8 Å². The minimum absolute atomic E-state index is 0.121. The molecule has 0 saturated heterocycles. The Balaban J connectivity index is 1.97. The second-order valence-electron chi connectivity index (χ2n) is 7.65. The lowest BCUT2D eigenvalue weighted by Crippen LogP contribution is -2.33. The first-order valence-corrected chi connectivity index (χ1v) is 10.1. The summed E-state index contributed by atoms with van der Waals surface area (Å²) in [5, 5.41) is 12.8. The molecule has 0 fully saturated rings. The third kappa shape index (κ3) is 6.38. The molecule has 2 N–H and O–H groups in total. The number of rotatable bonds is 10. The van der Waals surface area contributed by atoms with E-state index in [0.29, 0.717) is 12.5 Å². The van der Waals surface area contributed by atoms with Crippen molar-refractivity contribution < 1.29 is 14.6 Å². The van der Waals surface area contributed by atoms with Crippen LogP contribution in [0.2, 0.25) is 0 Å². The highest BCUT2D eigenvalue weighted by molar-refractivity contribution is 5.84. The van der Waals surface area contributed by atoms with Gasteiger partial charge in [-0.2, -0.15) is 0 Å². The second kappa shape index (κ2) is 10.9. The molecule has 28 heavy (non-hydrogen) atoms. The summed E-state index contributed by atoms with van der Waals surface area (Å²) < 4.78 is 5.82. The Labute approximate surface area is 168 Å². The predicted molar refractivity (Wildman–Crippen MR) is 114 cm³/mol. The van der Waals surface area contributed by atoms with Crippen molar-refractivity contribution in [2.45, 2.75) is 52.5 Å². The number of aliphatic hydroxyl groups excluding tert-OH is 1. The third-order valence-electron chi connectivity index (χ3n) is 5.03. The molecule has 0 aromatic heterocycles. The molecular formula is C24H33NO3. The Hall–Kier alpha value is -2.33. The average molecular weight is 384 g/mol. The van der Waals surface area contributed by atoms with E-state index in [-0.39, 0.29) is 18.6 Å². The minimum atomic E-state index is -0.596. The first kappa shape index (κ1) is 22.0. The lowest BCUT2D eigenvalue weighted by molar-refractivity contribution is -0.124. The van der Waals surface area contributed by atoms with Gasteiger partial charge in [0.2, 0.25) is 5.91 Å². The van der Waals surface area contributed by atoms with Gasteiger partial charge in [0.05, 0.1) is 25.2 Å². The molecule has 0 heterocycles. The van der Waals surface area contributed by atoms with Gasteiger partial charge in [-0.05, 0) is 49.4 Å². The van der Waals surface area contributed by atoms with Crippen molar-refractivity contribution in [3.63, 3.8) is 0 Å². The fourth-order valence-corrected chi connectivity index (χ4v) is 3.20. The maximum Gasteiger partial charge on any atom is 0.230 e. The summed E-state index contributed by atoms with van der Waals surface area (Å²) in [6, 6.07) is 15.4. The fraction of sp³-hybridized carbons (Fsp3) is 0.458. The van der Waals surface area contributed by atoms with Crippen LogP contribution < -0.4 is 10.1 Å². The Morgan fingerprint density at radius 3 is 2.21 bits per heavy atom. The highest BCUT2D eigenvalue weighted by Crippen LogP contribution is 2.22. The second-order valence-corrected chi connectivity index (χ2v) is 7.65. The molecule has 3 atom stereocenters. The van der Waals surface area contributed by atoms with E-state index in [1.165, 1.54) is 5.56 Å². The fourth-order valence-electron chi connectivity index (χ4n) is 3.20. The molecule has 1 unspecified atom stereocenters. The van der Waals surface area contributed by atoms with Gasteiger partial charge in [0.1, 0.15) is 5.75 Å². The monoisotopic (exact) mass is 383 g/mol. The number of carbonyl (C=O) groups is 1. The van der Waals surface area contributed by atoms with Crippen molar-refractivity contribution in [3.8, 4) is 5.75 Å². The summed E-state index contributed by atoms with van der Waals surface area (Å²) in [5.74, 6) is 0.530. The van der Waals surface area contributed by atoms with Crippen LogP contribution >= 0.6 is 0 Å². The van der Waals surface area contributed by atoms with Crippen LogP contribution in [0.15, 0.2) is 48.5 Å². The van der Waals surface area contributed by atoms with Crippen molar-refractivity contribution in [2.75, 3.05) is 13.2 Å². The third-order valence-corrected chi connectivity index (χ3v) is 5.03. The first-order chi connectivity index (χ1) is 13.4. The van der Waals surface area contributed by atoms with Gasteiger partial charge in [0.15, 0.2) is 0 Å². The molecule has 0 radical (unpaired) electrons. The Bertz CT molecular complexity index is 725. The standard InChI is InChI=1S/C24H33NO3/c1-5-6-18(3)16-28-22-13-11-21(12-14-22)23(15-26)24(27)25-19(4)20-9-7-17(2)8-10-20/h7-14,18-19,23,26H,5-6,15-16H2,1-4H3,(H,25,27)/t18?,19-,23-/m1/s1. The van der Waals surface area contributed by atoms with Gasteiger partial charge in [-0.3, -0.25) is 4.79 Å². The van der Waals surface area contributed by atoms with Crippen LogP contribution in [-0.4, -0.2) is 24.2 Å². The molecule has 0 aliphatic rings. The Morgan fingerprint density at radius 2 is 1.64 bits per heavy atom. The molecule has 0 bridgehead atoms. The number of ether oxygens (including phenoxy) is 1. The number of amides is 1. The summed E-state index contributed by atoms with van der Waals surface area (Å²) in [6.45, 7) is 8.79. The SMILES string of the molecule is CCCC(C)COc1ccc([C@@H](CO)C(=O)N[C@H](C)c2ccc(C)cc2)cc1. The Morgan fingerprint density at radius 1 is 1.04 bits per heavy atom. The molecule has 4 nitrogen and oxygen atoms in total. The maximum atomic E-state index is 12.7. The van der Waals surface area contributed by atoms with Crippen molar-refractivity contribution in [1.82, 2.24) is 5.32 Å². The summed E-state index contributed by atoms with van der Waals surface area (Å²) in [4.78, 5) is 12.7. The largest absolute Gasteiger partial charge is 0.493 e. The molecule has 4 heteroatoms. The first-order valence-electron chi connectivity index (χ1n) is 10.1. The van der Waals surface area contributed by atoms with Crippen LogP contribution in [0.1, 0.15) is 62.3 Å². The molecule has 0 aliphatic carbocycles. The number of aliphatic hydroxyl groups is 1. The van der Waals surface area contributed by atoms with Crippen LogP contribution in [0.5, 0.6) is 5.75 Å². The molecule has 2 aromatic carbocycles. The summed E-state index contributed by atoms with van der Waals surface area (Å²) in [7, 11) is 0. The number of hydrogen-bond donors (Lipinski definition) is 2. The molecule has 0 spiro atoms. The molecule has 1 amide bonds. The van der Waals surface area contributed by atoms with Crippen LogP contribution in [0.3, 0.4) is 0 Å². The van der Waals surface area contributed by atoms with Gasteiger partial charge in [0, 0.05) is 0 Å². The van der Waals surface area contributed by atoms with E-state index in [2.05, 4.69) is 19.2 Å². The van der Waals surface area contributed by atoms with Gasteiger partial charge in [-0.25, -0.2) is 0 Å². The van der Waals surface area contributed by atoms with Crippen molar-refractivity contribution in [2.24, 2.45) is 5.92 Å². The van der Waals surface area contributed by atoms with Crippen molar-refractivity contribution in [1.29, 1.82) is 0 Å². The zero-order valence-electron chi connectivity index (χ0n) is 17.4. The molecule has 2 aromatic rings. The van der Waals surface area contributed by atoms with Crippen LogP contribution in [-0.2, 0) is 4.79 Å². The molecule has 0 saturated carbocycles. The Kier molecular flexibility index (Phi) is 8.52. The lowest BCUT2D eigenvalue weighted by Gasteiger charge is -2.20. The molecular weight excluding hydrogens is 350 g/mol. The number of carbonyl (C=O) groups excluding carboxylic acids is 1. The van der Waals surface area contributed by atoms with E-state index in [1.807, 2.05) is 62.4 Å². The quantitative estimate of drug-likeness (QED) is 0.622. The smallest absolute Gasteiger partial charge is 0.230 e. The topological polar surface area (TPSA) is 58.6 Å². The van der Waals surface area contributed by atoms with Gasteiger partial charge in [-0.1, -0.05) is 62.2 Å². The molecule has 0 aliphatic heterocycles. The molecule has 152 valence electrons. The van der Waals surface area contributed by atoms with E-state index in [1.54, 1.807) is 0 Å². The maximum absolute atomic E-state index is 12.7. The van der Waals surface area contributed by atoms with E-state index in [9.17, 15) is 9.90 Å². The predicted octanol–water partition coefficient (Wildman–Crippen LogP) is 4.76. The van der Waals surface area contributed by atoms with Gasteiger partial charge < -0.3 is 15.2 Å². The number of hydrogen-bond acceptors (Lipinski definition) is 3. The number of aryl methyl sites for hydroxylation is 1. The summed E-state index contributed by atoms with van der Waals surface area (Å²) in [6.07, 6.45) is 2.29. The molecule has 2 rings (SSSR count). The van der Waals surface area contributed by atoms with Gasteiger partial charge in [0.25, 0.3) is 0 Å². The highest BCUT2D eigenvalue weighted by atomic mass is 16.5. The zero-order chi connectivity index (χ0) is 20.5. The van der Waals surface area contributed by atoms with E-state index >= 15 is 0 Å². The van der Waals surface area contributed by atoms with Crippen LogP contribution in [0.25, 0.3) is 0 Å². The van der Waals surface area contributed by atoms with Crippen molar-refractivity contribution >= 4 is 5.91 Å². The lowest BCUT2D eigenvalue weighted by atomic mass is 9.98. The average Bonchev–Trinajstić information content (AvgIpc) is 2.68. The number of benzene rings is 2. The highest BCUT2D eigenvalue weighted by Gasteiger charge is 2.22. The van der Waals surface area contributed by atoms with Crippen LogP contribution in [0.4, 0.5) is 0 Å². The van der Waals surface area contributed by atoms with Gasteiger partial charge >= 0.3 is 0 Å². The summed E-state index contributed by atoms with van der Waals surface area (Å²) in [5.41, 5.74) is 3.01. The van der Waals surface area contributed by atoms with Gasteiger partial charge in [-0.15, -0.1) is 0 Å². The van der Waals surface area contributed by atoms with E-state index in [0.717, 1.165) is 29.7 Å². The number of nitrogens with one attached hydrogen (secondary N) is 1.